The first-order valence-corrected chi connectivity index (χ1v) is 5.51. The molecule has 1 atom stereocenters. The summed E-state index contributed by atoms with van der Waals surface area (Å²) in [5.74, 6) is 0. The number of imidazole rings is 1. The van der Waals surface area contributed by atoms with Gasteiger partial charge < -0.3 is 10.3 Å². The number of rotatable bonds is 3. The topological polar surface area (TPSA) is 47.1 Å². The second kappa shape index (κ2) is 3.94. The molecule has 1 fully saturated rings. The number of aryl methyl sites for hydroxylation is 1. The van der Waals surface area contributed by atoms with Crippen LogP contribution in [0.15, 0.2) is 12.5 Å². The Morgan fingerprint density at radius 1 is 1.60 bits per heavy atom. The van der Waals surface area contributed by atoms with E-state index in [0.29, 0.717) is 5.41 Å². The lowest BCUT2D eigenvalue weighted by molar-refractivity contribution is 0.270. The molecule has 4 nitrogen and oxygen atoms in total. The van der Waals surface area contributed by atoms with Crippen molar-refractivity contribution in [2.45, 2.75) is 19.9 Å². The molecule has 0 amide bonds. The van der Waals surface area contributed by atoms with Gasteiger partial charge in [0.05, 0.1) is 12.0 Å². The molecule has 4 heteroatoms. The molecule has 1 aromatic heterocycles. The summed E-state index contributed by atoms with van der Waals surface area (Å²) in [5.41, 5.74) is 7.38. The Labute approximate surface area is 91.1 Å². The van der Waals surface area contributed by atoms with Gasteiger partial charge in [-0.15, -0.1) is 0 Å². The van der Waals surface area contributed by atoms with E-state index in [1.54, 1.807) is 0 Å². The van der Waals surface area contributed by atoms with Gasteiger partial charge in [-0.25, -0.2) is 4.98 Å². The molecule has 0 aliphatic carbocycles. The van der Waals surface area contributed by atoms with Gasteiger partial charge in [0, 0.05) is 26.3 Å². The molecule has 15 heavy (non-hydrogen) atoms. The maximum absolute atomic E-state index is 5.79. The molecule has 0 spiro atoms. The summed E-state index contributed by atoms with van der Waals surface area (Å²) in [7, 11) is 2.04. The Bertz CT molecular complexity index is 333. The SMILES string of the molecule is Cn1cncc1CN1CCC(C)(CN)C1. The Hall–Kier alpha value is -0.870. The van der Waals surface area contributed by atoms with Gasteiger partial charge in [-0.3, -0.25) is 4.90 Å². The molecule has 1 aliphatic heterocycles. The summed E-state index contributed by atoms with van der Waals surface area (Å²) in [4.78, 5) is 6.59. The number of hydrogen-bond donors (Lipinski definition) is 1. The molecule has 1 unspecified atom stereocenters. The lowest BCUT2D eigenvalue weighted by Crippen LogP contribution is -2.31. The van der Waals surface area contributed by atoms with Crippen LogP contribution in [0.3, 0.4) is 0 Å². The van der Waals surface area contributed by atoms with Crippen molar-refractivity contribution in [3.63, 3.8) is 0 Å². The highest BCUT2D eigenvalue weighted by atomic mass is 15.2. The van der Waals surface area contributed by atoms with Crippen molar-refractivity contribution in [2.24, 2.45) is 18.2 Å². The van der Waals surface area contributed by atoms with Crippen LogP contribution >= 0.6 is 0 Å². The second-order valence-corrected chi connectivity index (χ2v) is 4.97. The van der Waals surface area contributed by atoms with Crippen LogP contribution in [0.1, 0.15) is 19.0 Å². The molecule has 0 saturated carbocycles. The van der Waals surface area contributed by atoms with Gasteiger partial charge in [-0.1, -0.05) is 6.92 Å². The molecule has 1 aromatic rings. The summed E-state index contributed by atoms with van der Waals surface area (Å²) in [6.45, 7) is 6.31. The average molecular weight is 208 g/mol. The van der Waals surface area contributed by atoms with Crippen molar-refractivity contribution < 1.29 is 0 Å². The summed E-state index contributed by atoms with van der Waals surface area (Å²) < 4.78 is 2.08. The van der Waals surface area contributed by atoms with Crippen molar-refractivity contribution in [1.29, 1.82) is 0 Å². The lowest BCUT2D eigenvalue weighted by Gasteiger charge is -2.22. The fourth-order valence-corrected chi connectivity index (χ4v) is 2.19. The highest BCUT2D eigenvalue weighted by Crippen LogP contribution is 2.29. The van der Waals surface area contributed by atoms with E-state index in [4.69, 9.17) is 5.73 Å². The molecule has 2 N–H and O–H groups in total. The van der Waals surface area contributed by atoms with E-state index in [9.17, 15) is 0 Å². The Morgan fingerprint density at radius 3 is 2.93 bits per heavy atom. The fraction of sp³-hybridized carbons (Fsp3) is 0.727. The van der Waals surface area contributed by atoms with Gasteiger partial charge in [-0.2, -0.15) is 0 Å². The molecule has 84 valence electrons. The number of hydrogen-bond acceptors (Lipinski definition) is 3. The van der Waals surface area contributed by atoms with Crippen LogP contribution < -0.4 is 5.73 Å². The first-order valence-electron chi connectivity index (χ1n) is 5.51. The highest BCUT2D eigenvalue weighted by molar-refractivity contribution is 4.99. The molecule has 0 aromatic carbocycles. The smallest absolute Gasteiger partial charge is 0.0945 e. The molecule has 1 aliphatic rings. The van der Waals surface area contributed by atoms with E-state index >= 15 is 0 Å². The van der Waals surface area contributed by atoms with Gasteiger partial charge in [0.15, 0.2) is 0 Å². The van der Waals surface area contributed by atoms with Crippen molar-refractivity contribution in [3.05, 3.63) is 18.2 Å². The van der Waals surface area contributed by atoms with Gasteiger partial charge in [0.2, 0.25) is 0 Å². The maximum Gasteiger partial charge on any atom is 0.0945 e. The third-order valence-electron chi connectivity index (χ3n) is 3.43. The Morgan fingerprint density at radius 2 is 2.40 bits per heavy atom. The van der Waals surface area contributed by atoms with Gasteiger partial charge >= 0.3 is 0 Å². The number of likely N-dealkylation sites (tertiary alicyclic amines) is 1. The summed E-state index contributed by atoms with van der Waals surface area (Å²) >= 11 is 0. The standard InChI is InChI=1S/C11H20N4/c1-11(7-12)3-4-15(8-11)6-10-5-13-9-14(10)2/h5,9H,3-4,6-8,12H2,1-2H3. The van der Waals surface area contributed by atoms with Crippen molar-refractivity contribution in [2.75, 3.05) is 19.6 Å². The van der Waals surface area contributed by atoms with Gasteiger partial charge in [0.25, 0.3) is 0 Å². The molecule has 2 heterocycles. The molecular formula is C11H20N4. The molecule has 2 rings (SSSR count). The highest BCUT2D eigenvalue weighted by Gasteiger charge is 2.32. The molecule has 0 bridgehead atoms. The monoisotopic (exact) mass is 208 g/mol. The summed E-state index contributed by atoms with van der Waals surface area (Å²) in [6, 6.07) is 0. The zero-order valence-electron chi connectivity index (χ0n) is 9.61. The van der Waals surface area contributed by atoms with Crippen LogP contribution in [0.2, 0.25) is 0 Å². The number of nitrogens with two attached hydrogens (primary N) is 1. The molecular weight excluding hydrogens is 188 g/mol. The largest absolute Gasteiger partial charge is 0.337 e. The van der Waals surface area contributed by atoms with E-state index in [0.717, 1.165) is 26.2 Å². The Kier molecular flexibility index (Phi) is 2.80. The first-order chi connectivity index (χ1) is 7.13. The van der Waals surface area contributed by atoms with Crippen LogP contribution in [0.25, 0.3) is 0 Å². The predicted molar refractivity (Wildman–Crippen MR) is 60.3 cm³/mol. The normalized spacial score (nSPS) is 27.4. The minimum absolute atomic E-state index is 0.318. The van der Waals surface area contributed by atoms with Gasteiger partial charge in [0.1, 0.15) is 0 Å². The van der Waals surface area contributed by atoms with Crippen LogP contribution in [-0.4, -0.2) is 34.1 Å². The maximum atomic E-state index is 5.79. The van der Waals surface area contributed by atoms with Crippen LogP contribution in [-0.2, 0) is 13.6 Å². The number of nitrogens with zero attached hydrogens (tertiary/aromatic N) is 3. The predicted octanol–water partition coefficient (Wildman–Crippen LogP) is 0.591. The van der Waals surface area contributed by atoms with Crippen LogP contribution in [0.5, 0.6) is 0 Å². The van der Waals surface area contributed by atoms with E-state index in [1.807, 2.05) is 19.6 Å². The second-order valence-electron chi connectivity index (χ2n) is 4.97. The minimum Gasteiger partial charge on any atom is -0.337 e. The Balaban J connectivity index is 1.96. The van der Waals surface area contributed by atoms with Crippen molar-refractivity contribution in [1.82, 2.24) is 14.5 Å². The zero-order valence-corrected chi connectivity index (χ0v) is 9.61. The van der Waals surface area contributed by atoms with Crippen LogP contribution in [0, 0.1) is 5.41 Å². The quantitative estimate of drug-likeness (QED) is 0.791. The van der Waals surface area contributed by atoms with Crippen LogP contribution in [0.4, 0.5) is 0 Å². The average Bonchev–Trinajstić information content (AvgIpc) is 2.77. The van der Waals surface area contributed by atoms with E-state index in [1.165, 1.54) is 12.1 Å². The van der Waals surface area contributed by atoms with E-state index in [-0.39, 0.29) is 0 Å². The lowest BCUT2D eigenvalue weighted by atomic mass is 9.90. The fourth-order valence-electron chi connectivity index (χ4n) is 2.19. The zero-order chi connectivity index (χ0) is 10.9. The molecule has 1 saturated heterocycles. The minimum atomic E-state index is 0.318. The first kappa shape index (κ1) is 10.6. The van der Waals surface area contributed by atoms with Crippen molar-refractivity contribution in [3.8, 4) is 0 Å². The third kappa shape index (κ3) is 2.21. The number of aromatic nitrogens is 2. The van der Waals surface area contributed by atoms with Crippen molar-refractivity contribution >= 4 is 0 Å². The molecule has 0 radical (unpaired) electrons. The van der Waals surface area contributed by atoms with E-state index < -0.39 is 0 Å². The van der Waals surface area contributed by atoms with Gasteiger partial charge in [-0.05, 0) is 24.9 Å². The summed E-state index contributed by atoms with van der Waals surface area (Å²) in [6.07, 6.45) is 5.01. The van der Waals surface area contributed by atoms with E-state index in [2.05, 4.69) is 21.4 Å². The third-order valence-corrected chi connectivity index (χ3v) is 3.43. The summed E-state index contributed by atoms with van der Waals surface area (Å²) in [5, 5.41) is 0.